The number of ether oxygens (including phenoxy) is 2. The number of nitrogen functional groups attached to an aromatic ring is 1. The number of hydrogen-bond donors (Lipinski definition) is 2. The first-order valence-corrected chi connectivity index (χ1v) is 10.8. The molecule has 0 aromatic heterocycles. The van der Waals surface area contributed by atoms with Crippen LogP contribution in [-0.4, -0.2) is 13.0 Å². The van der Waals surface area contributed by atoms with Crippen molar-refractivity contribution in [2.24, 2.45) is 0 Å². The molecule has 5 heteroatoms. The number of carbonyl (C=O) groups is 1. The maximum Gasteiger partial charge on any atom is 0.248 e. The molecule has 0 heterocycles. The van der Waals surface area contributed by atoms with Crippen LogP contribution in [0.5, 0.6) is 11.5 Å². The van der Waals surface area contributed by atoms with E-state index < -0.39 is 0 Å². The summed E-state index contributed by atoms with van der Waals surface area (Å²) < 4.78 is 11.9. The Kier molecular flexibility index (Phi) is 8.30. The van der Waals surface area contributed by atoms with Gasteiger partial charge in [-0.3, -0.25) is 4.79 Å². The van der Waals surface area contributed by atoms with E-state index in [0.29, 0.717) is 30.2 Å². The standard InChI is InChI=1S/C28H30N2O3/c1-20(2)13-16-23-26(32-3)17-14-22(28(23)33-19-21-9-5-4-6-10-21)15-18-27(31)30-25-12-8-7-11-24(25)29/h4-15,17-18H,16,19,29H2,1-3H3,(H,30,31)/b18-15-. The summed E-state index contributed by atoms with van der Waals surface area (Å²) >= 11 is 0. The fraction of sp³-hybridized carbons (Fsp3) is 0.179. The first-order valence-electron chi connectivity index (χ1n) is 10.8. The maximum atomic E-state index is 12.5. The van der Waals surface area contributed by atoms with Crippen molar-refractivity contribution in [3.63, 3.8) is 0 Å². The Morgan fingerprint density at radius 3 is 2.42 bits per heavy atom. The van der Waals surface area contributed by atoms with E-state index in [0.717, 1.165) is 22.4 Å². The fourth-order valence-electron chi connectivity index (χ4n) is 3.30. The molecule has 0 radical (unpaired) electrons. The Hall–Kier alpha value is -3.99. The van der Waals surface area contributed by atoms with Gasteiger partial charge in [0.05, 0.1) is 18.5 Å². The number of allylic oxidation sites excluding steroid dienone is 2. The van der Waals surface area contributed by atoms with Crippen molar-refractivity contribution in [2.45, 2.75) is 26.9 Å². The zero-order valence-corrected chi connectivity index (χ0v) is 19.3. The maximum absolute atomic E-state index is 12.5. The number of anilines is 2. The number of methoxy groups -OCH3 is 1. The number of nitrogens with one attached hydrogen (secondary N) is 1. The van der Waals surface area contributed by atoms with E-state index in [-0.39, 0.29) is 5.91 Å². The third kappa shape index (κ3) is 6.74. The van der Waals surface area contributed by atoms with E-state index in [1.165, 1.54) is 11.6 Å². The van der Waals surface area contributed by atoms with Crippen molar-refractivity contribution in [2.75, 3.05) is 18.2 Å². The molecule has 0 aliphatic heterocycles. The number of hydrogen-bond acceptors (Lipinski definition) is 4. The van der Waals surface area contributed by atoms with Gasteiger partial charge in [0.2, 0.25) is 5.91 Å². The highest BCUT2D eigenvalue weighted by atomic mass is 16.5. The normalized spacial score (nSPS) is 10.6. The molecule has 3 aromatic carbocycles. The van der Waals surface area contributed by atoms with Crippen LogP contribution in [0.1, 0.15) is 30.5 Å². The van der Waals surface area contributed by atoms with Gasteiger partial charge in [-0.25, -0.2) is 0 Å². The molecule has 0 saturated heterocycles. The molecule has 0 atom stereocenters. The number of nitrogens with two attached hydrogens (primary N) is 1. The lowest BCUT2D eigenvalue weighted by Crippen LogP contribution is -2.09. The summed E-state index contributed by atoms with van der Waals surface area (Å²) in [5.41, 5.74) is 11.0. The fourth-order valence-corrected chi connectivity index (χ4v) is 3.30. The smallest absolute Gasteiger partial charge is 0.248 e. The van der Waals surface area contributed by atoms with Gasteiger partial charge < -0.3 is 20.5 Å². The van der Waals surface area contributed by atoms with Crippen molar-refractivity contribution < 1.29 is 14.3 Å². The average molecular weight is 443 g/mol. The quantitative estimate of drug-likeness (QED) is 0.242. The van der Waals surface area contributed by atoms with Gasteiger partial charge in [-0.15, -0.1) is 0 Å². The Morgan fingerprint density at radius 2 is 1.73 bits per heavy atom. The molecule has 3 aromatic rings. The largest absolute Gasteiger partial charge is 0.496 e. The van der Waals surface area contributed by atoms with Gasteiger partial charge in [-0.1, -0.05) is 54.1 Å². The van der Waals surface area contributed by atoms with Crippen LogP contribution in [0.15, 0.2) is 84.5 Å². The van der Waals surface area contributed by atoms with Crippen LogP contribution in [0.3, 0.4) is 0 Å². The second-order valence-electron chi connectivity index (χ2n) is 7.83. The predicted molar refractivity (Wildman–Crippen MR) is 135 cm³/mol. The minimum absolute atomic E-state index is 0.274. The molecule has 33 heavy (non-hydrogen) atoms. The molecule has 3 N–H and O–H groups in total. The third-order valence-electron chi connectivity index (χ3n) is 5.04. The van der Waals surface area contributed by atoms with Crippen LogP contribution in [0.25, 0.3) is 6.08 Å². The summed E-state index contributed by atoms with van der Waals surface area (Å²) in [6.07, 6.45) is 6.02. The van der Waals surface area contributed by atoms with E-state index >= 15 is 0 Å². The van der Waals surface area contributed by atoms with Crippen LogP contribution < -0.4 is 20.5 Å². The summed E-state index contributed by atoms with van der Waals surface area (Å²) in [6, 6.07) is 20.9. The van der Waals surface area contributed by atoms with Crippen LogP contribution in [0.2, 0.25) is 0 Å². The summed E-state index contributed by atoms with van der Waals surface area (Å²) in [5, 5.41) is 2.81. The Balaban J connectivity index is 1.92. The van der Waals surface area contributed by atoms with Gasteiger partial charge in [0.1, 0.15) is 18.1 Å². The Morgan fingerprint density at radius 1 is 1.00 bits per heavy atom. The van der Waals surface area contributed by atoms with E-state index in [1.54, 1.807) is 25.3 Å². The number of amides is 1. The predicted octanol–water partition coefficient (Wildman–Crippen LogP) is 6.02. The number of benzene rings is 3. The van der Waals surface area contributed by atoms with E-state index in [2.05, 4.69) is 25.2 Å². The lowest BCUT2D eigenvalue weighted by atomic mass is 10.0. The molecule has 0 aliphatic carbocycles. The monoisotopic (exact) mass is 442 g/mol. The molecule has 1 amide bonds. The minimum atomic E-state index is -0.274. The van der Waals surface area contributed by atoms with Crippen molar-refractivity contribution >= 4 is 23.4 Å². The van der Waals surface area contributed by atoms with Gasteiger partial charge in [-0.2, -0.15) is 0 Å². The van der Waals surface area contributed by atoms with E-state index in [1.807, 2.05) is 54.6 Å². The number of rotatable bonds is 9. The molecular weight excluding hydrogens is 412 g/mol. The Labute approximate surface area is 195 Å². The van der Waals surface area contributed by atoms with Crippen molar-refractivity contribution in [1.29, 1.82) is 0 Å². The lowest BCUT2D eigenvalue weighted by Gasteiger charge is -2.17. The minimum Gasteiger partial charge on any atom is -0.496 e. The molecule has 0 saturated carbocycles. The number of para-hydroxylation sites is 2. The highest BCUT2D eigenvalue weighted by Crippen LogP contribution is 2.35. The first-order chi connectivity index (χ1) is 16.0. The molecule has 0 fully saturated rings. The van der Waals surface area contributed by atoms with Gasteiger partial charge in [-0.05, 0) is 56.2 Å². The molecule has 0 bridgehead atoms. The zero-order valence-electron chi connectivity index (χ0n) is 19.3. The second kappa shape index (κ2) is 11.6. The summed E-state index contributed by atoms with van der Waals surface area (Å²) in [7, 11) is 1.65. The molecule has 5 nitrogen and oxygen atoms in total. The summed E-state index contributed by atoms with van der Waals surface area (Å²) in [5.74, 6) is 1.16. The molecule has 170 valence electrons. The van der Waals surface area contributed by atoms with Gasteiger partial charge >= 0.3 is 0 Å². The van der Waals surface area contributed by atoms with Crippen molar-refractivity contribution in [3.05, 3.63) is 101 Å². The van der Waals surface area contributed by atoms with Crippen LogP contribution in [0.4, 0.5) is 11.4 Å². The lowest BCUT2D eigenvalue weighted by molar-refractivity contribution is -0.111. The topological polar surface area (TPSA) is 73.6 Å². The van der Waals surface area contributed by atoms with Gasteiger partial charge in [0.25, 0.3) is 0 Å². The van der Waals surface area contributed by atoms with Crippen LogP contribution in [0, 0.1) is 0 Å². The average Bonchev–Trinajstić information content (AvgIpc) is 2.82. The molecule has 0 spiro atoms. The zero-order chi connectivity index (χ0) is 23.6. The van der Waals surface area contributed by atoms with Crippen LogP contribution in [-0.2, 0) is 17.8 Å². The van der Waals surface area contributed by atoms with Crippen molar-refractivity contribution in [3.8, 4) is 11.5 Å². The molecule has 3 rings (SSSR count). The van der Waals surface area contributed by atoms with E-state index in [4.69, 9.17) is 15.2 Å². The highest BCUT2D eigenvalue weighted by molar-refractivity contribution is 6.03. The molecular formula is C28H30N2O3. The highest BCUT2D eigenvalue weighted by Gasteiger charge is 2.14. The van der Waals surface area contributed by atoms with Gasteiger partial charge in [0.15, 0.2) is 0 Å². The molecule has 0 aliphatic rings. The summed E-state index contributed by atoms with van der Waals surface area (Å²) in [4.78, 5) is 12.5. The second-order valence-corrected chi connectivity index (χ2v) is 7.83. The first kappa shape index (κ1) is 23.7. The van der Waals surface area contributed by atoms with Gasteiger partial charge in [0, 0.05) is 17.2 Å². The Bertz CT molecular complexity index is 1150. The van der Waals surface area contributed by atoms with Crippen molar-refractivity contribution in [1.82, 2.24) is 0 Å². The third-order valence-corrected chi connectivity index (χ3v) is 5.04. The van der Waals surface area contributed by atoms with Crippen LogP contribution >= 0.6 is 0 Å². The summed E-state index contributed by atoms with van der Waals surface area (Å²) in [6.45, 7) is 4.52. The number of carbonyl (C=O) groups excluding carboxylic acids is 1. The molecule has 0 unspecified atom stereocenters. The SMILES string of the molecule is COc1ccc(/C=C\C(=O)Nc2ccccc2N)c(OCc2ccccc2)c1CC=C(C)C. The van der Waals surface area contributed by atoms with E-state index in [9.17, 15) is 4.79 Å².